The second-order valence-corrected chi connectivity index (χ2v) is 7.66. The molecule has 3 fully saturated rings. The first-order valence-corrected chi connectivity index (χ1v) is 9.25. The second kappa shape index (κ2) is 6.68. The van der Waals surface area contributed by atoms with Gasteiger partial charge in [0.25, 0.3) is 0 Å². The van der Waals surface area contributed by atoms with Gasteiger partial charge in [0.1, 0.15) is 0 Å². The molecule has 1 aliphatic heterocycles. The van der Waals surface area contributed by atoms with E-state index >= 15 is 0 Å². The van der Waals surface area contributed by atoms with E-state index in [-0.39, 0.29) is 0 Å². The van der Waals surface area contributed by atoms with Crippen molar-refractivity contribution in [1.82, 2.24) is 10.2 Å². The van der Waals surface area contributed by atoms with Crippen LogP contribution in [0.15, 0.2) is 0 Å². The van der Waals surface area contributed by atoms with E-state index in [1.165, 1.54) is 51.4 Å². The van der Waals surface area contributed by atoms with Gasteiger partial charge in [0.15, 0.2) is 0 Å². The number of hydrogen-bond acceptors (Lipinski definition) is 2. The van der Waals surface area contributed by atoms with Crippen molar-refractivity contribution in [3.05, 3.63) is 0 Å². The molecule has 1 spiro atoms. The summed E-state index contributed by atoms with van der Waals surface area (Å²) in [5.74, 6) is 1.62. The van der Waals surface area contributed by atoms with Crippen molar-refractivity contribution < 1.29 is 4.79 Å². The molecule has 0 aromatic carbocycles. The van der Waals surface area contributed by atoms with Crippen molar-refractivity contribution in [2.24, 2.45) is 17.3 Å². The highest BCUT2D eigenvalue weighted by atomic mass is 16.2. The van der Waals surface area contributed by atoms with E-state index in [1.807, 2.05) is 0 Å². The molecular weight excluding hydrogens is 260 g/mol. The van der Waals surface area contributed by atoms with Crippen molar-refractivity contribution in [2.45, 2.75) is 64.7 Å². The van der Waals surface area contributed by atoms with Crippen LogP contribution in [0.4, 0.5) is 0 Å². The lowest BCUT2D eigenvalue weighted by Gasteiger charge is -2.31. The number of piperidine rings is 1. The Morgan fingerprint density at radius 3 is 2.57 bits per heavy atom. The zero-order valence-electron chi connectivity index (χ0n) is 13.7. The Morgan fingerprint density at radius 1 is 1.19 bits per heavy atom. The first kappa shape index (κ1) is 15.3. The summed E-state index contributed by atoms with van der Waals surface area (Å²) in [6, 6.07) is 0. The van der Waals surface area contributed by atoms with Crippen LogP contribution in [0.2, 0.25) is 0 Å². The van der Waals surface area contributed by atoms with Crippen LogP contribution >= 0.6 is 0 Å². The first-order valence-electron chi connectivity index (χ1n) is 9.25. The fourth-order valence-electron chi connectivity index (χ4n) is 4.64. The Bertz CT molecular complexity index is 356. The van der Waals surface area contributed by atoms with Crippen LogP contribution in [0.3, 0.4) is 0 Å². The van der Waals surface area contributed by atoms with Gasteiger partial charge in [-0.1, -0.05) is 26.2 Å². The summed E-state index contributed by atoms with van der Waals surface area (Å²) in [5, 5.41) is 3.44. The average Bonchev–Trinajstić information content (AvgIpc) is 3.21. The number of nitrogens with zero attached hydrogens (tertiary/aromatic N) is 1. The second-order valence-electron chi connectivity index (χ2n) is 7.66. The minimum absolute atomic E-state index is 0.356. The summed E-state index contributed by atoms with van der Waals surface area (Å²) in [4.78, 5) is 15.2. The molecule has 1 atom stereocenters. The third-order valence-electron chi connectivity index (χ3n) is 6.10. The summed E-state index contributed by atoms with van der Waals surface area (Å²) < 4.78 is 0. The monoisotopic (exact) mass is 292 g/mol. The molecule has 3 heteroatoms. The molecule has 1 heterocycles. The fourth-order valence-corrected chi connectivity index (χ4v) is 4.64. The van der Waals surface area contributed by atoms with E-state index in [9.17, 15) is 4.79 Å². The van der Waals surface area contributed by atoms with Gasteiger partial charge in [0, 0.05) is 19.0 Å². The van der Waals surface area contributed by atoms with Crippen LogP contribution in [0, 0.1) is 17.3 Å². The molecule has 1 saturated heterocycles. The molecule has 2 saturated carbocycles. The number of carbonyl (C=O) groups excluding carboxylic acids is 1. The quantitative estimate of drug-likeness (QED) is 0.844. The zero-order chi connectivity index (χ0) is 14.7. The summed E-state index contributed by atoms with van der Waals surface area (Å²) in [6.45, 7) is 6.44. The summed E-state index contributed by atoms with van der Waals surface area (Å²) in [7, 11) is 0. The molecule has 1 unspecified atom stereocenters. The predicted molar refractivity (Wildman–Crippen MR) is 86.1 cm³/mol. The minimum Gasteiger partial charge on any atom is -0.342 e. The summed E-state index contributed by atoms with van der Waals surface area (Å²) >= 11 is 0. The first-order chi connectivity index (χ1) is 10.2. The average molecular weight is 292 g/mol. The van der Waals surface area contributed by atoms with Crippen LogP contribution in [-0.2, 0) is 4.79 Å². The molecule has 3 nitrogen and oxygen atoms in total. The third kappa shape index (κ3) is 3.44. The molecule has 0 aromatic heterocycles. The molecule has 0 bridgehead atoms. The highest BCUT2D eigenvalue weighted by Crippen LogP contribution is 2.59. The van der Waals surface area contributed by atoms with E-state index < -0.39 is 0 Å². The van der Waals surface area contributed by atoms with Crippen molar-refractivity contribution in [2.75, 3.05) is 26.2 Å². The molecule has 3 rings (SSSR count). The lowest BCUT2D eigenvalue weighted by atomic mass is 9.88. The molecule has 2 aliphatic carbocycles. The Labute approximate surface area is 129 Å². The molecule has 1 N–H and O–H groups in total. The van der Waals surface area contributed by atoms with Crippen molar-refractivity contribution >= 4 is 5.91 Å². The van der Waals surface area contributed by atoms with Gasteiger partial charge in [-0.3, -0.25) is 4.79 Å². The van der Waals surface area contributed by atoms with E-state index in [2.05, 4.69) is 17.1 Å². The number of nitrogens with one attached hydrogen (secondary N) is 1. The number of amides is 1. The summed E-state index contributed by atoms with van der Waals surface area (Å²) in [6.07, 6.45) is 11.5. The number of hydrogen-bond donors (Lipinski definition) is 1. The van der Waals surface area contributed by atoms with Gasteiger partial charge < -0.3 is 10.2 Å². The van der Waals surface area contributed by atoms with E-state index in [0.717, 1.165) is 38.5 Å². The lowest BCUT2D eigenvalue weighted by Crippen LogP contribution is -2.40. The highest BCUT2D eigenvalue weighted by molar-refractivity contribution is 5.82. The fraction of sp³-hybridized carbons (Fsp3) is 0.944. The van der Waals surface area contributed by atoms with E-state index in [1.54, 1.807) is 0 Å². The Morgan fingerprint density at radius 2 is 1.90 bits per heavy atom. The van der Waals surface area contributed by atoms with Crippen LogP contribution in [0.25, 0.3) is 0 Å². The molecular formula is C18H32N2O. The maximum atomic E-state index is 12.9. The Hall–Kier alpha value is -0.570. The van der Waals surface area contributed by atoms with Gasteiger partial charge in [-0.15, -0.1) is 0 Å². The van der Waals surface area contributed by atoms with Crippen LogP contribution in [-0.4, -0.2) is 37.0 Å². The lowest BCUT2D eigenvalue weighted by molar-refractivity contribution is -0.134. The van der Waals surface area contributed by atoms with E-state index in [4.69, 9.17) is 0 Å². The molecule has 21 heavy (non-hydrogen) atoms. The van der Waals surface area contributed by atoms with Crippen molar-refractivity contribution in [3.63, 3.8) is 0 Å². The molecule has 120 valence electrons. The minimum atomic E-state index is 0.356. The Balaban J connectivity index is 1.57. The van der Waals surface area contributed by atoms with Crippen molar-refractivity contribution in [1.29, 1.82) is 0 Å². The van der Waals surface area contributed by atoms with Crippen molar-refractivity contribution in [3.8, 4) is 0 Å². The SMILES string of the molecule is CCCN(CC1CCCCC1)C(=O)C1CC12CCNCC2. The predicted octanol–water partition coefficient (Wildman–Crippen LogP) is 3.20. The van der Waals surface area contributed by atoms with E-state index in [0.29, 0.717) is 17.2 Å². The Kier molecular flexibility index (Phi) is 4.88. The number of carbonyl (C=O) groups is 1. The smallest absolute Gasteiger partial charge is 0.226 e. The standard InChI is InChI=1S/C18H32N2O/c1-2-12-20(14-15-6-4-3-5-7-15)17(21)16-13-18(16)8-10-19-11-9-18/h15-16,19H,2-14H2,1H3. The van der Waals surface area contributed by atoms with Gasteiger partial charge in [-0.05, 0) is 62.9 Å². The zero-order valence-corrected chi connectivity index (χ0v) is 13.7. The van der Waals surface area contributed by atoms with Gasteiger partial charge in [-0.2, -0.15) is 0 Å². The van der Waals surface area contributed by atoms with Gasteiger partial charge >= 0.3 is 0 Å². The van der Waals surface area contributed by atoms with Gasteiger partial charge in [0.2, 0.25) is 5.91 Å². The maximum Gasteiger partial charge on any atom is 0.226 e. The van der Waals surface area contributed by atoms with Crippen LogP contribution < -0.4 is 5.32 Å². The number of rotatable bonds is 5. The molecule has 0 aromatic rings. The highest BCUT2D eigenvalue weighted by Gasteiger charge is 2.58. The van der Waals surface area contributed by atoms with Crippen LogP contribution in [0.1, 0.15) is 64.7 Å². The largest absolute Gasteiger partial charge is 0.342 e. The van der Waals surface area contributed by atoms with Gasteiger partial charge in [-0.25, -0.2) is 0 Å². The molecule has 1 amide bonds. The third-order valence-corrected chi connectivity index (χ3v) is 6.10. The van der Waals surface area contributed by atoms with Crippen LogP contribution in [0.5, 0.6) is 0 Å². The maximum absolute atomic E-state index is 12.9. The molecule has 3 aliphatic rings. The summed E-state index contributed by atoms with van der Waals surface area (Å²) in [5.41, 5.74) is 0.390. The van der Waals surface area contributed by atoms with Gasteiger partial charge in [0.05, 0.1) is 0 Å². The topological polar surface area (TPSA) is 32.3 Å². The molecule has 0 radical (unpaired) electrons. The normalized spacial score (nSPS) is 28.5.